The summed E-state index contributed by atoms with van der Waals surface area (Å²) in [5.74, 6) is 0.125. The molecule has 3 nitrogen and oxygen atoms in total. The normalized spacial score (nSPS) is 11.4. The van der Waals surface area contributed by atoms with E-state index in [9.17, 15) is 13.2 Å². The van der Waals surface area contributed by atoms with E-state index in [0.717, 1.165) is 0 Å². The average Bonchev–Trinajstić information content (AvgIpc) is 2.14. The van der Waals surface area contributed by atoms with Crippen LogP contribution in [0.4, 0.5) is 13.2 Å². The molecule has 0 aromatic carbocycles. The Bertz CT molecular complexity index is 301. The number of nitrogens with zero attached hydrogens (tertiary/aromatic N) is 1. The van der Waals surface area contributed by atoms with Gasteiger partial charge in [-0.2, -0.15) is 13.2 Å². The minimum atomic E-state index is -4.34. The number of hydrogen-bond acceptors (Lipinski definition) is 3. The summed E-state index contributed by atoms with van der Waals surface area (Å²) in [5, 5.41) is 0. The van der Waals surface area contributed by atoms with Gasteiger partial charge in [0.1, 0.15) is 5.75 Å². The lowest BCUT2D eigenvalue weighted by atomic mass is 10.2. The van der Waals surface area contributed by atoms with Gasteiger partial charge < -0.3 is 10.5 Å². The molecule has 0 amide bonds. The minimum absolute atomic E-state index is 0.0982. The Morgan fingerprint density at radius 2 is 2.14 bits per heavy atom. The summed E-state index contributed by atoms with van der Waals surface area (Å²) in [6.07, 6.45) is -1.61. The molecule has 0 spiro atoms. The van der Waals surface area contributed by atoms with Gasteiger partial charge in [0.05, 0.1) is 0 Å². The lowest BCUT2D eigenvalue weighted by Crippen LogP contribution is -2.20. The summed E-state index contributed by atoms with van der Waals surface area (Å²) in [6, 6.07) is 1.36. The maximum Gasteiger partial charge on any atom is 0.422 e. The zero-order valence-corrected chi connectivity index (χ0v) is 7.21. The van der Waals surface area contributed by atoms with Crippen molar-refractivity contribution in [2.75, 3.05) is 6.61 Å². The molecule has 1 aromatic heterocycles. The summed E-state index contributed by atoms with van der Waals surface area (Å²) in [5.41, 5.74) is 5.74. The molecule has 6 heteroatoms. The molecule has 1 heterocycles. The Labute approximate surface area is 78.7 Å². The second kappa shape index (κ2) is 4.28. The molecule has 0 saturated heterocycles. The third-order valence-electron chi connectivity index (χ3n) is 1.47. The number of rotatable bonds is 3. The molecule has 14 heavy (non-hydrogen) atoms. The fourth-order valence-corrected chi connectivity index (χ4v) is 0.868. The van der Waals surface area contributed by atoms with Crippen LogP contribution in [0, 0.1) is 0 Å². The van der Waals surface area contributed by atoms with Gasteiger partial charge in [-0.1, -0.05) is 0 Å². The largest absolute Gasteiger partial charge is 0.484 e. The third-order valence-corrected chi connectivity index (χ3v) is 1.47. The number of pyridine rings is 1. The van der Waals surface area contributed by atoms with Gasteiger partial charge in [0, 0.05) is 24.5 Å². The van der Waals surface area contributed by atoms with Gasteiger partial charge in [0.15, 0.2) is 6.61 Å². The molecule has 0 unspecified atom stereocenters. The predicted molar refractivity (Wildman–Crippen MR) is 43.7 cm³/mol. The van der Waals surface area contributed by atoms with Crippen LogP contribution < -0.4 is 10.5 Å². The zero-order valence-electron chi connectivity index (χ0n) is 7.21. The van der Waals surface area contributed by atoms with E-state index in [4.69, 9.17) is 5.73 Å². The molecule has 0 aliphatic heterocycles. The smallest absolute Gasteiger partial charge is 0.422 e. The van der Waals surface area contributed by atoms with E-state index in [1.54, 1.807) is 0 Å². The van der Waals surface area contributed by atoms with Crippen LogP contribution >= 0.6 is 0 Å². The van der Waals surface area contributed by atoms with E-state index in [1.165, 1.54) is 18.5 Å². The number of hydrogen-bond donors (Lipinski definition) is 1. The van der Waals surface area contributed by atoms with Crippen molar-refractivity contribution in [2.45, 2.75) is 12.7 Å². The van der Waals surface area contributed by atoms with E-state index in [2.05, 4.69) is 9.72 Å². The maximum atomic E-state index is 11.8. The summed E-state index contributed by atoms with van der Waals surface area (Å²) in [4.78, 5) is 3.72. The quantitative estimate of drug-likeness (QED) is 0.814. The van der Waals surface area contributed by atoms with Gasteiger partial charge in [-0.15, -0.1) is 0 Å². The van der Waals surface area contributed by atoms with Crippen LogP contribution in [-0.2, 0) is 6.54 Å². The molecule has 0 aliphatic carbocycles. The molecule has 78 valence electrons. The summed E-state index contributed by atoms with van der Waals surface area (Å²) < 4.78 is 40.0. The van der Waals surface area contributed by atoms with Gasteiger partial charge >= 0.3 is 6.18 Å². The average molecular weight is 206 g/mol. The third kappa shape index (κ3) is 3.21. The van der Waals surface area contributed by atoms with Crippen molar-refractivity contribution in [3.63, 3.8) is 0 Å². The van der Waals surface area contributed by atoms with Gasteiger partial charge in [-0.25, -0.2) is 0 Å². The fraction of sp³-hybridized carbons (Fsp3) is 0.375. The first-order chi connectivity index (χ1) is 6.53. The topological polar surface area (TPSA) is 48.1 Å². The highest BCUT2D eigenvalue weighted by molar-refractivity contribution is 5.29. The van der Waals surface area contributed by atoms with E-state index in [0.29, 0.717) is 5.56 Å². The Morgan fingerprint density at radius 3 is 2.71 bits per heavy atom. The number of aromatic nitrogens is 1. The van der Waals surface area contributed by atoms with Crippen molar-refractivity contribution in [3.8, 4) is 5.75 Å². The van der Waals surface area contributed by atoms with Crippen LogP contribution in [0.1, 0.15) is 5.56 Å². The molecule has 0 saturated carbocycles. The minimum Gasteiger partial charge on any atom is -0.484 e. The van der Waals surface area contributed by atoms with Gasteiger partial charge in [0.25, 0.3) is 0 Å². The molecular weight excluding hydrogens is 197 g/mol. The number of ether oxygens (including phenoxy) is 1. The van der Waals surface area contributed by atoms with Crippen LogP contribution in [0.2, 0.25) is 0 Å². The Balaban J connectivity index is 2.67. The molecule has 1 rings (SSSR count). The molecule has 2 N–H and O–H groups in total. The molecular formula is C8H9F3N2O. The highest BCUT2D eigenvalue weighted by Crippen LogP contribution is 2.20. The predicted octanol–water partition coefficient (Wildman–Crippen LogP) is 1.48. The summed E-state index contributed by atoms with van der Waals surface area (Å²) in [6.45, 7) is -1.22. The van der Waals surface area contributed by atoms with E-state index < -0.39 is 12.8 Å². The molecule has 0 fully saturated rings. The van der Waals surface area contributed by atoms with E-state index >= 15 is 0 Å². The van der Waals surface area contributed by atoms with Crippen molar-refractivity contribution >= 4 is 0 Å². The van der Waals surface area contributed by atoms with E-state index in [-0.39, 0.29) is 12.3 Å². The van der Waals surface area contributed by atoms with Crippen molar-refractivity contribution in [1.82, 2.24) is 4.98 Å². The number of nitrogens with two attached hydrogens (primary N) is 1. The highest BCUT2D eigenvalue weighted by Gasteiger charge is 2.28. The second-order valence-corrected chi connectivity index (χ2v) is 2.59. The maximum absolute atomic E-state index is 11.8. The first-order valence-electron chi connectivity index (χ1n) is 3.85. The molecule has 0 radical (unpaired) electrons. The first kappa shape index (κ1) is 10.8. The number of halogens is 3. The second-order valence-electron chi connectivity index (χ2n) is 2.59. The van der Waals surface area contributed by atoms with Crippen molar-refractivity contribution in [3.05, 3.63) is 24.0 Å². The summed E-state index contributed by atoms with van der Waals surface area (Å²) in [7, 11) is 0. The van der Waals surface area contributed by atoms with Gasteiger partial charge in [-0.3, -0.25) is 4.98 Å². The molecule has 0 aliphatic rings. The Hall–Kier alpha value is -1.30. The van der Waals surface area contributed by atoms with Crippen molar-refractivity contribution in [2.24, 2.45) is 5.73 Å². The van der Waals surface area contributed by atoms with Crippen LogP contribution in [0.25, 0.3) is 0 Å². The van der Waals surface area contributed by atoms with Crippen LogP contribution in [0.3, 0.4) is 0 Å². The van der Waals surface area contributed by atoms with Gasteiger partial charge in [0.2, 0.25) is 0 Å². The van der Waals surface area contributed by atoms with Crippen LogP contribution in [0.5, 0.6) is 5.75 Å². The fourth-order valence-electron chi connectivity index (χ4n) is 0.868. The number of alkyl halides is 3. The standard InChI is InChI=1S/C8H9F3N2O/c9-8(10,11)5-14-7-1-2-13-4-6(7)3-12/h1-2,4H,3,5,12H2. The first-order valence-corrected chi connectivity index (χ1v) is 3.85. The zero-order chi connectivity index (χ0) is 10.6. The van der Waals surface area contributed by atoms with Crippen molar-refractivity contribution in [1.29, 1.82) is 0 Å². The monoisotopic (exact) mass is 206 g/mol. The Morgan fingerprint density at radius 1 is 1.43 bits per heavy atom. The Kier molecular flexibility index (Phi) is 3.29. The summed E-state index contributed by atoms with van der Waals surface area (Å²) >= 11 is 0. The van der Waals surface area contributed by atoms with E-state index in [1.807, 2.05) is 0 Å². The van der Waals surface area contributed by atoms with Crippen LogP contribution in [0.15, 0.2) is 18.5 Å². The highest BCUT2D eigenvalue weighted by atomic mass is 19.4. The van der Waals surface area contributed by atoms with Gasteiger partial charge in [-0.05, 0) is 6.07 Å². The molecule has 0 bridgehead atoms. The van der Waals surface area contributed by atoms with Crippen molar-refractivity contribution < 1.29 is 17.9 Å². The van der Waals surface area contributed by atoms with Crippen LogP contribution in [-0.4, -0.2) is 17.8 Å². The lowest BCUT2D eigenvalue weighted by molar-refractivity contribution is -0.153. The molecule has 1 aromatic rings. The SMILES string of the molecule is NCc1cnccc1OCC(F)(F)F. The molecule has 0 atom stereocenters. The lowest BCUT2D eigenvalue weighted by Gasteiger charge is -2.11.